The molecule has 1 atom stereocenters. The van der Waals surface area contributed by atoms with Crippen LogP contribution < -0.4 is 10.1 Å². The number of amides is 1. The molecule has 2 aromatic heterocycles. The number of nitrogens with zero attached hydrogens (tertiary/aromatic N) is 3. The third kappa shape index (κ3) is 4.75. The molecular formula is C25H29N5O3. The maximum atomic E-state index is 13.0. The molecule has 4 aromatic rings. The molecule has 33 heavy (non-hydrogen) atoms. The molecule has 0 radical (unpaired) electrons. The van der Waals surface area contributed by atoms with E-state index in [2.05, 4.69) is 20.1 Å². The molecule has 2 N–H and O–H groups in total. The number of hydrogen-bond donors (Lipinski definition) is 2. The number of carbonyl (C=O) groups excluding carboxylic acids is 1. The number of para-hydroxylation sites is 2. The Morgan fingerprint density at radius 1 is 1.15 bits per heavy atom. The highest BCUT2D eigenvalue weighted by Crippen LogP contribution is 2.26. The van der Waals surface area contributed by atoms with E-state index in [1.54, 1.807) is 14.2 Å². The molecule has 0 spiro atoms. The van der Waals surface area contributed by atoms with Crippen molar-refractivity contribution in [2.45, 2.75) is 32.9 Å². The Hall–Kier alpha value is -3.65. The van der Waals surface area contributed by atoms with Crippen LogP contribution in [0, 0.1) is 6.92 Å². The quantitative estimate of drug-likeness (QED) is 0.407. The molecule has 0 saturated carbocycles. The monoisotopic (exact) mass is 447 g/mol. The summed E-state index contributed by atoms with van der Waals surface area (Å²) in [7, 11) is 3.31. The normalized spacial score (nSPS) is 12.1. The number of aryl methyl sites for hydroxylation is 1. The van der Waals surface area contributed by atoms with Gasteiger partial charge < -0.3 is 19.4 Å². The lowest BCUT2D eigenvalue weighted by atomic mass is 10.0. The number of aromatic nitrogens is 4. The van der Waals surface area contributed by atoms with Crippen LogP contribution in [0.25, 0.3) is 22.3 Å². The zero-order valence-electron chi connectivity index (χ0n) is 19.4. The predicted molar refractivity (Wildman–Crippen MR) is 127 cm³/mol. The van der Waals surface area contributed by atoms with Gasteiger partial charge in [0.05, 0.1) is 42.9 Å². The van der Waals surface area contributed by atoms with Gasteiger partial charge in [-0.3, -0.25) is 9.89 Å². The summed E-state index contributed by atoms with van der Waals surface area (Å²) in [5.41, 5.74) is 5.37. The summed E-state index contributed by atoms with van der Waals surface area (Å²) in [5, 5.41) is 10.6. The molecule has 0 fully saturated rings. The molecule has 8 nitrogen and oxygen atoms in total. The number of carbonyl (C=O) groups is 1. The van der Waals surface area contributed by atoms with Gasteiger partial charge in [-0.15, -0.1) is 0 Å². The van der Waals surface area contributed by atoms with Gasteiger partial charge in [0.15, 0.2) is 0 Å². The van der Waals surface area contributed by atoms with Gasteiger partial charge in [-0.1, -0.05) is 12.1 Å². The van der Waals surface area contributed by atoms with Crippen molar-refractivity contribution in [1.29, 1.82) is 0 Å². The SMILES string of the molecule is COCCn1c(C(C)NC(=O)Cc2c(-c3ccc(OC)cc3)n[nH]c2C)nc2ccccc21. The molecule has 0 saturated heterocycles. The van der Waals surface area contributed by atoms with E-state index in [9.17, 15) is 4.79 Å². The summed E-state index contributed by atoms with van der Waals surface area (Å²) in [6, 6.07) is 15.4. The summed E-state index contributed by atoms with van der Waals surface area (Å²) in [4.78, 5) is 17.8. The molecule has 172 valence electrons. The lowest BCUT2D eigenvalue weighted by molar-refractivity contribution is -0.121. The maximum absolute atomic E-state index is 13.0. The molecule has 1 unspecified atom stereocenters. The molecule has 1 amide bonds. The zero-order valence-corrected chi connectivity index (χ0v) is 19.4. The van der Waals surface area contributed by atoms with E-state index in [1.807, 2.05) is 62.4 Å². The molecular weight excluding hydrogens is 418 g/mol. The number of rotatable bonds is 9. The minimum atomic E-state index is -0.265. The van der Waals surface area contributed by atoms with Gasteiger partial charge in [0.2, 0.25) is 5.91 Å². The van der Waals surface area contributed by atoms with E-state index in [0.29, 0.717) is 13.2 Å². The van der Waals surface area contributed by atoms with Crippen molar-refractivity contribution in [3.8, 4) is 17.0 Å². The Morgan fingerprint density at radius 2 is 1.91 bits per heavy atom. The number of hydrogen-bond acceptors (Lipinski definition) is 5. The number of aromatic amines is 1. The minimum Gasteiger partial charge on any atom is -0.497 e. The lowest BCUT2D eigenvalue weighted by Crippen LogP contribution is -2.30. The number of ether oxygens (including phenoxy) is 2. The molecule has 2 heterocycles. The van der Waals surface area contributed by atoms with Crippen LogP contribution in [0.3, 0.4) is 0 Å². The number of H-pyrrole nitrogens is 1. The molecule has 0 aliphatic carbocycles. The van der Waals surface area contributed by atoms with Crippen LogP contribution in [0.2, 0.25) is 0 Å². The van der Waals surface area contributed by atoms with E-state index in [4.69, 9.17) is 14.5 Å². The van der Waals surface area contributed by atoms with Crippen LogP contribution >= 0.6 is 0 Å². The fourth-order valence-corrected chi connectivity index (χ4v) is 4.02. The van der Waals surface area contributed by atoms with E-state index < -0.39 is 0 Å². The molecule has 0 aliphatic rings. The number of nitrogens with one attached hydrogen (secondary N) is 2. The Labute approximate surface area is 192 Å². The molecule has 8 heteroatoms. The summed E-state index contributed by atoms with van der Waals surface area (Å²) < 4.78 is 12.6. The fourth-order valence-electron chi connectivity index (χ4n) is 4.02. The topological polar surface area (TPSA) is 94.1 Å². The first kappa shape index (κ1) is 22.5. The van der Waals surface area contributed by atoms with Crippen LogP contribution in [0.5, 0.6) is 5.75 Å². The van der Waals surface area contributed by atoms with Gasteiger partial charge >= 0.3 is 0 Å². The van der Waals surface area contributed by atoms with Gasteiger partial charge in [0.1, 0.15) is 11.6 Å². The van der Waals surface area contributed by atoms with Gasteiger partial charge in [-0.2, -0.15) is 5.10 Å². The van der Waals surface area contributed by atoms with Crippen molar-refractivity contribution < 1.29 is 14.3 Å². The van der Waals surface area contributed by atoms with Crippen molar-refractivity contribution in [3.63, 3.8) is 0 Å². The summed E-state index contributed by atoms with van der Waals surface area (Å²) in [6.45, 7) is 5.10. The highest BCUT2D eigenvalue weighted by atomic mass is 16.5. The average Bonchev–Trinajstić information content (AvgIpc) is 3.38. The van der Waals surface area contributed by atoms with Crippen molar-refractivity contribution in [2.75, 3.05) is 20.8 Å². The van der Waals surface area contributed by atoms with Crippen LogP contribution in [0.15, 0.2) is 48.5 Å². The van der Waals surface area contributed by atoms with E-state index in [-0.39, 0.29) is 18.4 Å². The van der Waals surface area contributed by atoms with Crippen LogP contribution in [0.4, 0.5) is 0 Å². The van der Waals surface area contributed by atoms with Crippen molar-refractivity contribution in [1.82, 2.24) is 25.1 Å². The number of benzene rings is 2. The second kappa shape index (κ2) is 9.87. The average molecular weight is 448 g/mol. The first-order chi connectivity index (χ1) is 16.0. The van der Waals surface area contributed by atoms with Gasteiger partial charge in [-0.25, -0.2) is 4.98 Å². The lowest BCUT2D eigenvalue weighted by Gasteiger charge is -2.16. The number of imidazole rings is 1. The smallest absolute Gasteiger partial charge is 0.225 e. The fraction of sp³-hybridized carbons (Fsp3) is 0.320. The van der Waals surface area contributed by atoms with Crippen molar-refractivity contribution >= 4 is 16.9 Å². The van der Waals surface area contributed by atoms with Gasteiger partial charge in [-0.05, 0) is 50.2 Å². The maximum Gasteiger partial charge on any atom is 0.225 e. The zero-order chi connectivity index (χ0) is 23.4. The van der Waals surface area contributed by atoms with E-state index in [1.165, 1.54) is 0 Å². The molecule has 2 aromatic carbocycles. The standard InChI is InChI=1S/C25H29N5O3/c1-16-20(24(29-28-16)18-9-11-19(33-4)12-10-18)15-23(31)26-17(2)25-27-21-7-5-6-8-22(21)30(25)13-14-32-3/h5-12,17H,13-15H2,1-4H3,(H,26,31)(H,28,29). The molecule has 0 bridgehead atoms. The Bertz CT molecular complexity index is 1240. The Kier molecular flexibility index (Phi) is 6.74. The van der Waals surface area contributed by atoms with Crippen LogP contribution in [-0.2, 0) is 22.5 Å². The second-order valence-corrected chi connectivity index (χ2v) is 7.97. The molecule has 0 aliphatic heterocycles. The third-order valence-corrected chi connectivity index (χ3v) is 5.74. The first-order valence-electron chi connectivity index (χ1n) is 10.9. The Balaban J connectivity index is 1.54. The first-order valence-corrected chi connectivity index (χ1v) is 10.9. The highest BCUT2D eigenvalue weighted by Gasteiger charge is 2.21. The van der Waals surface area contributed by atoms with Gasteiger partial charge in [0.25, 0.3) is 0 Å². The minimum absolute atomic E-state index is 0.0906. The van der Waals surface area contributed by atoms with Crippen LogP contribution in [-0.4, -0.2) is 46.5 Å². The summed E-state index contributed by atoms with van der Waals surface area (Å²) >= 11 is 0. The second-order valence-electron chi connectivity index (χ2n) is 7.97. The molecule has 4 rings (SSSR count). The summed E-state index contributed by atoms with van der Waals surface area (Å²) in [5.74, 6) is 1.49. The van der Waals surface area contributed by atoms with Crippen molar-refractivity contribution in [2.24, 2.45) is 0 Å². The van der Waals surface area contributed by atoms with Crippen molar-refractivity contribution in [3.05, 3.63) is 65.6 Å². The highest BCUT2D eigenvalue weighted by molar-refractivity contribution is 5.82. The Morgan fingerprint density at radius 3 is 2.64 bits per heavy atom. The number of methoxy groups -OCH3 is 2. The summed E-state index contributed by atoms with van der Waals surface area (Å²) in [6.07, 6.45) is 0.215. The van der Waals surface area contributed by atoms with Crippen LogP contribution in [0.1, 0.15) is 30.0 Å². The number of fused-ring (bicyclic) bond motifs is 1. The van der Waals surface area contributed by atoms with E-state index >= 15 is 0 Å². The predicted octanol–water partition coefficient (Wildman–Crippen LogP) is 3.81. The van der Waals surface area contributed by atoms with E-state index in [0.717, 1.165) is 45.1 Å². The largest absolute Gasteiger partial charge is 0.497 e. The third-order valence-electron chi connectivity index (χ3n) is 5.74. The van der Waals surface area contributed by atoms with Gasteiger partial charge in [0, 0.05) is 30.5 Å².